The molecule has 1 unspecified atom stereocenters. The Morgan fingerprint density at radius 2 is 1.85 bits per heavy atom. The molecule has 0 amide bonds. The highest BCUT2D eigenvalue weighted by Gasteiger charge is 2.18. The fourth-order valence-electron chi connectivity index (χ4n) is 1.47. The summed E-state index contributed by atoms with van der Waals surface area (Å²) in [5.41, 5.74) is 1.10. The van der Waals surface area contributed by atoms with Crippen LogP contribution in [0.1, 0.15) is 31.1 Å². The van der Waals surface area contributed by atoms with Crippen molar-refractivity contribution in [2.24, 2.45) is 0 Å². The van der Waals surface area contributed by atoms with E-state index in [9.17, 15) is 4.79 Å². The summed E-state index contributed by atoms with van der Waals surface area (Å²) in [6.45, 7) is 6.32. The van der Waals surface area contributed by atoms with Crippen LogP contribution in [0.3, 0.4) is 0 Å². The standard InChI is InChI=1S/C15H23NO3S/c1-15(2,3)19-14(17)12-6-8-13(9-7-12)16-20(5)11-10-18-4/h6-9H,10-11H2,1-5H3/p+1. The first-order valence-electron chi connectivity index (χ1n) is 6.53. The molecular formula is C15H24NO3S+. The molecule has 0 spiro atoms. The van der Waals surface area contributed by atoms with Gasteiger partial charge in [0.05, 0.1) is 28.9 Å². The van der Waals surface area contributed by atoms with E-state index in [1.807, 2.05) is 32.9 Å². The quantitative estimate of drug-likeness (QED) is 0.648. The van der Waals surface area contributed by atoms with Crippen molar-refractivity contribution < 1.29 is 14.3 Å². The Balaban J connectivity index is 2.58. The Hall–Kier alpha value is -1.20. The summed E-state index contributed by atoms with van der Waals surface area (Å²) in [4.78, 5) is 11.9. The van der Waals surface area contributed by atoms with Gasteiger partial charge in [0.1, 0.15) is 11.9 Å². The summed E-state index contributed by atoms with van der Waals surface area (Å²) >= 11 is 0.0548. The van der Waals surface area contributed by atoms with Gasteiger partial charge in [-0.25, -0.2) is 9.52 Å². The highest BCUT2D eigenvalue weighted by Crippen LogP contribution is 2.15. The van der Waals surface area contributed by atoms with Crippen molar-refractivity contribution in [3.05, 3.63) is 29.8 Å². The second kappa shape index (κ2) is 7.55. The molecule has 4 nitrogen and oxygen atoms in total. The van der Waals surface area contributed by atoms with E-state index in [1.54, 1.807) is 19.2 Å². The molecule has 112 valence electrons. The van der Waals surface area contributed by atoms with Gasteiger partial charge in [0.15, 0.2) is 5.75 Å². The fraction of sp³-hybridized carbons (Fsp3) is 0.533. The maximum absolute atomic E-state index is 11.9. The zero-order chi connectivity index (χ0) is 15.2. The third kappa shape index (κ3) is 6.30. The first-order chi connectivity index (χ1) is 9.31. The minimum atomic E-state index is -0.468. The van der Waals surface area contributed by atoms with Gasteiger partial charge < -0.3 is 9.47 Å². The van der Waals surface area contributed by atoms with Gasteiger partial charge in [-0.2, -0.15) is 0 Å². The highest BCUT2D eigenvalue weighted by molar-refractivity contribution is 7.97. The summed E-state index contributed by atoms with van der Waals surface area (Å²) in [6.07, 6.45) is 2.13. The van der Waals surface area contributed by atoms with Gasteiger partial charge in [-0.05, 0) is 45.0 Å². The highest BCUT2D eigenvalue weighted by atomic mass is 32.2. The minimum Gasteiger partial charge on any atom is -0.456 e. The van der Waals surface area contributed by atoms with Crippen molar-refractivity contribution in [3.8, 4) is 0 Å². The lowest BCUT2D eigenvalue weighted by Gasteiger charge is -2.19. The lowest BCUT2D eigenvalue weighted by atomic mass is 10.1. The van der Waals surface area contributed by atoms with Crippen LogP contribution in [0.5, 0.6) is 0 Å². The Morgan fingerprint density at radius 3 is 2.35 bits per heavy atom. The molecule has 0 aliphatic carbocycles. The largest absolute Gasteiger partial charge is 0.456 e. The topological polar surface area (TPSA) is 47.6 Å². The molecule has 1 aromatic carbocycles. The molecule has 0 aromatic heterocycles. The van der Waals surface area contributed by atoms with E-state index in [1.165, 1.54) is 0 Å². The van der Waals surface area contributed by atoms with Gasteiger partial charge in [0, 0.05) is 7.11 Å². The van der Waals surface area contributed by atoms with Crippen LogP contribution in [-0.4, -0.2) is 37.3 Å². The number of esters is 1. The van der Waals surface area contributed by atoms with E-state index in [-0.39, 0.29) is 17.1 Å². The molecule has 0 saturated heterocycles. The van der Waals surface area contributed by atoms with Crippen molar-refractivity contribution in [3.63, 3.8) is 0 Å². The SMILES string of the molecule is COCC[S+](C)Nc1ccc(C(=O)OC(C)(C)C)cc1. The maximum Gasteiger partial charge on any atom is 0.338 e. The summed E-state index contributed by atoms with van der Waals surface area (Å²) in [5, 5.41) is 0. The Morgan fingerprint density at radius 1 is 1.25 bits per heavy atom. The number of methoxy groups -OCH3 is 1. The molecule has 1 rings (SSSR count). The van der Waals surface area contributed by atoms with Crippen LogP contribution in [-0.2, 0) is 20.6 Å². The fourth-order valence-corrected chi connectivity index (χ4v) is 2.53. The molecule has 5 heteroatoms. The van der Waals surface area contributed by atoms with Gasteiger partial charge in [-0.15, -0.1) is 0 Å². The van der Waals surface area contributed by atoms with Crippen LogP contribution >= 0.6 is 0 Å². The van der Waals surface area contributed by atoms with Gasteiger partial charge >= 0.3 is 5.97 Å². The van der Waals surface area contributed by atoms with E-state index in [0.717, 1.165) is 18.0 Å². The second-order valence-electron chi connectivity index (χ2n) is 5.52. The number of carbonyl (C=O) groups excluding carboxylic acids is 1. The number of hydrogen-bond donors (Lipinski definition) is 1. The monoisotopic (exact) mass is 298 g/mol. The summed E-state index contributed by atoms with van der Waals surface area (Å²) in [5.74, 6) is 0.670. The van der Waals surface area contributed by atoms with Crippen LogP contribution < -0.4 is 4.72 Å². The molecule has 0 fully saturated rings. The smallest absolute Gasteiger partial charge is 0.338 e. The summed E-state index contributed by atoms with van der Waals surface area (Å²) in [7, 11) is 1.70. The number of nitrogens with one attached hydrogen (secondary N) is 1. The lowest BCUT2D eigenvalue weighted by Crippen LogP contribution is -2.24. The van der Waals surface area contributed by atoms with Crippen LogP contribution in [0.25, 0.3) is 0 Å². The number of anilines is 1. The van der Waals surface area contributed by atoms with Crippen LogP contribution in [0, 0.1) is 0 Å². The van der Waals surface area contributed by atoms with Crippen molar-refractivity contribution in [2.75, 3.05) is 30.4 Å². The van der Waals surface area contributed by atoms with Crippen LogP contribution in [0.2, 0.25) is 0 Å². The zero-order valence-corrected chi connectivity index (χ0v) is 13.7. The molecule has 1 atom stereocenters. The van der Waals surface area contributed by atoms with E-state index >= 15 is 0 Å². The maximum atomic E-state index is 11.9. The third-order valence-electron chi connectivity index (χ3n) is 2.41. The van der Waals surface area contributed by atoms with Crippen molar-refractivity contribution in [1.29, 1.82) is 0 Å². The molecular weight excluding hydrogens is 274 g/mol. The van der Waals surface area contributed by atoms with Crippen LogP contribution in [0.15, 0.2) is 24.3 Å². The second-order valence-corrected chi connectivity index (χ2v) is 7.40. The van der Waals surface area contributed by atoms with E-state index in [4.69, 9.17) is 9.47 Å². The minimum absolute atomic E-state index is 0.0548. The Bertz CT molecular complexity index is 426. The first kappa shape index (κ1) is 16.9. The number of ether oxygens (including phenoxy) is 2. The summed E-state index contributed by atoms with van der Waals surface area (Å²) < 4.78 is 13.8. The van der Waals surface area contributed by atoms with E-state index < -0.39 is 5.60 Å². The molecule has 0 aliphatic heterocycles. The van der Waals surface area contributed by atoms with Crippen molar-refractivity contribution >= 4 is 22.7 Å². The molecule has 0 aliphatic rings. The number of rotatable bonds is 6. The Labute approximate surface area is 124 Å². The van der Waals surface area contributed by atoms with Gasteiger partial charge in [-0.3, -0.25) is 0 Å². The summed E-state index contributed by atoms with van der Waals surface area (Å²) in [6, 6.07) is 7.36. The number of benzene rings is 1. The van der Waals surface area contributed by atoms with Crippen molar-refractivity contribution in [2.45, 2.75) is 26.4 Å². The van der Waals surface area contributed by atoms with E-state index in [0.29, 0.717) is 5.56 Å². The van der Waals surface area contributed by atoms with E-state index in [2.05, 4.69) is 11.0 Å². The predicted octanol–water partition coefficient (Wildman–Crippen LogP) is 2.86. The average Bonchev–Trinajstić information content (AvgIpc) is 2.35. The zero-order valence-electron chi connectivity index (χ0n) is 12.9. The predicted molar refractivity (Wildman–Crippen MR) is 85.3 cm³/mol. The van der Waals surface area contributed by atoms with Crippen LogP contribution in [0.4, 0.5) is 5.69 Å². The number of hydrogen-bond acceptors (Lipinski definition) is 4. The van der Waals surface area contributed by atoms with Gasteiger partial charge in [0.25, 0.3) is 0 Å². The molecule has 0 radical (unpaired) electrons. The molecule has 20 heavy (non-hydrogen) atoms. The normalized spacial score (nSPS) is 12.8. The first-order valence-corrected chi connectivity index (χ1v) is 8.33. The average molecular weight is 298 g/mol. The molecule has 1 N–H and O–H groups in total. The third-order valence-corrected chi connectivity index (χ3v) is 3.77. The molecule has 1 aromatic rings. The molecule has 0 heterocycles. The number of carbonyl (C=O) groups is 1. The van der Waals surface area contributed by atoms with Gasteiger partial charge in [-0.1, -0.05) is 0 Å². The lowest BCUT2D eigenvalue weighted by molar-refractivity contribution is 0.00696. The molecule has 0 bridgehead atoms. The van der Waals surface area contributed by atoms with Gasteiger partial charge in [0.2, 0.25) is 0 Å². The van der Waals surface area contributed by atoms with Crippen molar-refractivity contribution in [1.82, 2.24) is 0 Å². The molecule has 0 saturated carbocycles. The Kier molecular flexibility index (Phi) is 6.36.